The first-order valence-electron chi connectivity index (χ1n) is 12.9. The molecule has 5 rings (SSSR count). The van der Waals surface area contributed by atoms with Crippen molar-refractivity contribution in [3.63, 3.8) is 0 Å². The second-order valence-corrected chi connectivity index (χ2v) is 12.1. The van der Waals surface area contributed by atoms with Crippen LogP contribution in [-0.2, 0) is 21.4 Å². The van der Waals surface area contributed by atoms with Crippen molar-refractivity contribution in [3.8, 4) is 0 Å². The number of fused-ring (bicyclic) bond motifs is 1. The Labute approximate surface area is 224 Å². The van der Waals surface area contributed by atoms with Gasteiger partial charge in [-0.2, -0.15) is 0 Å². The fourth-order valence-electron chi connectivity index (χ4n) is 4.61. The van der Waals surface area contributed by atoms with Gasteiger partial charge < -0.3 is 16.0 Å². The highest BCUT2D eigenvalue weighted by molar-refractivity contribution is 7.93. The van der Waals surface area contributed by atoms with Gasteiger partial charge in [0.1, 0.15) is 0 Å². The molecule has 4 N–H and O–H groups in total. The first-order chi connectivity index (χ1) is 18.3. The van der Waals surface area contributed by atoms with Crippen molar-refractivity contribution in [3.05, 3.63) is 89.5 Å². The van der Waals surface area contributed by atoms with Crippen LogP contribution in [0, 0.1) is 0 Å². The van der Waals surface area contributed by atoms with E-state index in [1.54, 1.807) is 32.0 Å². The summed E-state index contributed by atoms with van der Waals surface area (Å²) in [5.41, 5.74) is 5.75. The summed E-state index contributed by atoms with van der Waals surface area (Å²) in [4.78, 5) is 15.7. The standard InChI is InChI=1S/C29H33N5O3S/c1-20(2)38(36,37)33-24-12-13-26-25(18-24)27(29(35)32-26)28(22-6-4-3-5-7-22)31-23-10-8-21(9-11-23)19-34-16-14-30-15-17-34/h3-13,18,20,30-31,33H,14-17,19H2,1-2H3,(H,32,35). The highest BCUT2D eigenvalue weighted by Gasteiger charge is 2.29. The fraction of sp³-hybridized carbons (Fsp3) is 0.276. The van der Waals surface area contributed by atoms with Crippen LogP contribution < -0.4 is 20.7 Å². The van der Waals surface area contributed by atoms with Crippen LogP contribution in [0.15, 0.2) is 72.8 Å². The average molecular weight is 532 g/mol. The Morgan fingerprint density at radius 3 is 2.32 bits per heavy atom. The molecule has 198 valence electrons. The first-order valence-corrected chi connectivity index (χ1v) is 14.4. The number of sulfonamides is 1. The lowest BCUT2D eigenvalue weighted by atomic mass is 9.99. The fourth-order valence-corrected chi connectivity index (χ4v) is 5.30. The second-order valence-electron chi connectivity index (χ2n) is 9.87. The van der Waals surface area contributed by atoms with Crippen LogP contribution in [-0.4, -0.2) is 50.7 Å². The average Bonchev–Trinajstić information content (AvgIpc) is 3.24. The number of benzene rings is 3. The smallest absolute Gasteiger partial charge is 0.258 e. The molecule has 3 aromatic rings. The number of amides is 1. The maximum absolute atomic E-state index is 13.3. The Hall–Kier alpha value is -3.66. The molecule has 1 fully saturated rings. The maximum Gasteiger partial charge on any atom is 0.258 e. The van der Waals surface area contributed by atoms with E-state index in [0.29, 0.717) is 28.2 Å². The minimum Gasteiger partial charge on any atom is -0.354 e. The molecular formula is C29H33N5O3S. The van der Waals surface area contributed by atoms with Gasteiger partial charge in [0.15, 0.2) is 0 Å². The van der Waals surface area contributed by atoms with Crippen molar-refractivity contribution in [2.24, 2.45) is 0 Å². The predicted octanol–water partition coefficient (Wildman–Crippen LogP) is 4.17. The minimum atomic E-state index is -3.53. The Bertz CT molecular complexity index is 1450. The van der Waals surface area contributed by atoms with Crippen LogP contribution in [0.1, 0.15) is 30.5 Å². The third kappa shape index (κ3) is 5.75. The molecular weight excluding hydrogens is 498 g/mol. The number of nitrogens with zero attached hydrogens (tertiary/aromatic N) is 1. The van der Waals surface area contributed by atoms with Gasteiger partial charge in [0.2, 0.25) is 10.0 Å². The molecule has 0 bridgehead atoms. The zero-order chi connectivity index (χ0) is 26.7. The van der Waals surface area contributed by atoms with Gasteiger partial charge >= 0.3 is 0 Å². The highest BCUT2D eigenvalue weighted by atomic mass is 32.2. The number of piperazine rings is 1. The summed E-state index contributed by atoms with van der Waals surface area (Å²) in [5.74, 6) is -0.245. The summed E-state index contributed by atoms with van der Waals surface area (Å²) in [6, 6.07) is 23.1. The molecule has 0 unspecified atom stereocenters. The Morgan fingerprint density at radius 2 is 1.63 bits per heavy atom. The lowest BCUT2D eigenvalue weighted by molar-refractivity contribution is -0.110. The number of nitrogens with one attached hydrogen (secondary N) is 4. The van der Waals surface area contributed by atoms with E-state index in [2.05, 4.69) is 37.7 Å². The van der Waals surface area contributed by atoms with Gasteiger partial charge in [-0.15, -0.1) is 0 Å². The van der Waals surface area contributed by atoms with E-state index in [0.717, 1.165) is 44.0 Å². The summed E-state index contributed by atoms with van der Waals surface area (Å²) in [6.45, 7) is 8.24. The highest BCUT2D eigenvalue weighted by Crippen LogP contribution is 2.39. The summed E-state index contributed by atoms with van der Waals surface area (Å²) in [6.07, 6.45) is 0. The third-order valence-corrected chi connectivity index (χ3v) is 8.56. The Kier molecular flexibility index (Phi) is 7.51. The van der Waals surface area contributed by atoms with Gasteiger partial charge in [0.25, 0.3) is 5.91 Å². The first kappa shape index (κ1) is 26.0. The summed E-state index contributed by atoms with van der Waals surface area (Å²) < 4.78 is 27.6. The zero-order valence-corrected chi connectivity index (χ0v) is 22.4. The van der Waals surface area contributed by atoms with Crippen LogP contribution in [0.25, 0.3) is 11.3 Å². The number of anilines is 3. The van der Waals surface area contributed by atoms with Crippen molar-refractivity contribution in [1.29, 1.82) is 0 Å². The third-order valence-electron chi connectivity index (χ3n) is 6.80. The Balaban J connectivity index is 1.49. The van der Waals surface area contributed by atoms with Gasteiger partial charge in [-0.25, -0.2) is 8.42 Å². The normalized spacial score (nSPS) is 17.2. The van der Waals surface area contributed by atoms with Gasteiger partial charge in [-0.3, -0.25) is 14.4 Å². The molecule has 0 aliphatic carbocycles. The van der Waals surface area contributed by atoms with Crippen molar-refractivity contribution >= 4 is 44.3 Å². The molecule has 0 aromatic heterocycles. The van der Waals surface area contributed by atoms with Gasteiger partial charge in [-0.05, 0) is 55.3 Å². The number of rotatable bonds is 8. The van der Waals surface area contributed by atoms with E-state index in [-0.39, 0.29) is 5.91 Å². The molecule has 38 heavy (non-hydrogen) atoms. The summed E-state index contributed by atoms with van der Waals surface area (Å²) in [5, 5.41) is 9.21. The Morgan fingerprint density at radius 1 is 0.947 bits per heavy atom. The van der Waals surface area contributed by atoms with E-state index in [1.807, 2.05) is 42.5 Å². The van der Waals surface area contributed by atoms with E-state index < -0.39 is 15.3 Å². The molecule has 0 radical (unpaired) electrons. The molecule has 1 amide bonds. The van der Waals surface area contributed by atoms with E-state index >= 15 is 0 Å². The van der Waals surface area contributed by atoms with Crippen LogP contribution in [0.5, 0.6) is 0 Å². The molecule has 2 aliphatic heterocycles. The van der Waals surface area contributed by atoms with Crippen molar-refractivity contribution in [1.82, 2.24) is 10.2 Å². The number of carbonyl (C=O) groups excluding carboxylic acids is 1. The monoisotopic (exact) mass is 531 g/mol. The molecule has 2 heterocycles. The predicted molar refractivity (Wildman–Crippen MR) is 154 cm³/mol. The largest absolute Gasteiger partial charge is 0.354 e. The van der Waals surface area contributed by atoms with Crippen molar-refractivity contribution in [2.75, 3.05) is 41.5 Å². The second kappa shape index (κ2) is 11.0. The van der Waals surface area contributed by atoms with Crippen LogP contribution in [0.3, 0.4) is 0 Å². The zero-order valence-electron chi connectivity index (χ0n) is 21.6. The molecule has 0 atom stereocenters. The quantitative estimate of drug-likeness (QED) is 0.326. The maximum atomic E-state index is 13.3. The lowest BCUT2D eigenvalue weighted by Gasteiger charge is -2.27. The van der Waals surface area contributed by atoms with Crippen molar-refractivity contribution < 1.29 is 13.2 Å². The van der Waals surface area contributed by atoms with Crippen LogP contribution >= 0.6 is 0 Å². The van der Waals surface area contributed by atoms with E-state index in [9.17, 15) is 13.2 Å². The molecule has 9 heteroatoms. The van der Waals surface area contributed by atoms with Crippen molar-refractivity contribution in [2.45, 2.75) is 25.6 Å². The van der Waals surface area contributed by atoms with Gasteiger partial charge in [-0.1, -0.05) is 42.5 Å². The SMILES string of the molecule is CC(C)S(=O)(=O)Nc1ccc2c(c1)C(=C(Nc1ccc(CN3CCNCC3)cc1)c1ccccc1)C(=O)N2. The number of hydrogen-bond acceptors (Lipinski definition) is 6. The number of hydrogen-bond donors (Lipinski definition) is 4. The molecule has 2 aliphatic rings. The molecule has 8 nitrogen and oxygen atoms in total. The minimum absolute atomic E-state index is 0.245. The van der Waals surface area contributed by atoms with Crippen LogP contribution in [0.4, 0.5) is 17.1 Å². The molecule has 0 saturated carbocycles. The molecule has 0 spiro atoms. The summed E-state index contributed by atoms with van der Waals surface area (Å²) >= 11 is 0. The van der Waals surface area contributed by atoms with Crippen LogP contribution in [0.2, 0.25) is 0 Å². The number of carbonyl (C=O) groups is 1. The van der Waals surface area contributed by atoms with E-state index in [1.165, 1.54) is 5.56 Å². The van der Waals surface area contributed by atoms with Gasteiger partial charge in [0, 0.05) is 55.3 Å². The summed E-state index contributed by atoms with van der Waals surface area (Å²) in [7, 11) is -3.53. The van der Waals surface area contributed by atoms with E-state index in [4.69, 9.17) is 0 Å². The lowest BCUT2D eigenvalue weighted by Crippen LogP contribution is -2.42. The van der Waals surface area contributed by atoms with Gasteiger partial charge in [0.05, 0.1) is 16.5 Å². The molecule has 1 saturated heterocycles. The topological polar surface area (TPSA) is 103 Å². The molecule has 3 aromatic carbocycles.